The van der Waals surface area contributed by atoms with Gasteiger partial charge in [-0.15, -0.1) is 0 Å². The number of aromatic nitrogens is 2. The summed E-state index contributed by atoms with van der Waals surface area (Å²) in [5.41, 5.74) is 1.93. The number of anilines is 1. The van der Waals surface area contributed by atoms with Crippen LogP contribution in [0.25, 0.3) is 0 Å². The van der Waals surface area contributed by atoms with E-state index in [9.17, 15) is 14.9 Å². The van der Waals surface area contributed by atoms with Crippen molar-refractivity contribution in [1.82, 2.24) is 9.78 Å². The molecular weight excluding hydrogens is 396 g/mol. The van der Waals surface area contributed by atoms with Crippen LogP contribution in [0.5, 0.6) is 11.5 Å². The van der Waals surface area contributed by atoms with Gasteiger partial charge in [-0.25, -0.2) is 0 Å². The fourth-order valence-corrected chi connectivity index (χ4v) is 2.92. The van der Waals surface area contributed by atoms with Crippen LogP contribution in [0.1, 0.15) is 17.8 Å². The Kier molecular flexibility index (Phi) is 6.13. The molecule has 1 amide bonds. The molecule has 0 saturated carbocycles. The third kappa shape index (κ3) is 5.55. The van der Waals surface area contributed by atoms with Gasteiger partial charge in [-0.1, -0.05) is 11.6 Å². The van der Waals surface area contributed by atoms with Gasteiger partial charge >= 0.3 is 0 Å². The maximum Gasteiger partial charge on any atom is 0.275 e. The van der Waals surface area contributed by atoms with Crippen LogP contribution in [-0.4, -0.2) is 20.6 Å². The lowest BCUT2D eigenvalue weighted by molar-refractivity contribution is -0.384. The molecule has 2 aromatic carbocycles. The van der Waals surface area contributed by atoms with Gasteiger partial charge in [-0.2, -0.15) is 5.10 Å². The number of nitrogens with one attached hydrogen (secondary N) is 1. The van der Waals surface area contributed by atoms with Gasteiger partial charge in [-0.05, 0) is 44.2 Å². The van der Waals surface area contributed by atoms with Crippen molar-refractivity contribution in [2.24, 2.45) is 0 Å². The van der Waals surface area contributed by atoms with Gasteiger partial charge in [-0.3, -0.25) is 19.6 Å². The van der Waals surface area contributed by atoms with Crippen LogP contribution in [0.3, 0.4) is 0 Å². The predicted octanol–water partition coefficient (Wildman–Crippen LogP) is 4.88. The van der Waals surface area contributed by atoms with Crippen molar-refractivity contribution in [3.63, 3.8) is 0 Å². The number of halogens is 1. The second-order valence-electron chi connectivity index (χ2n) is 6.48. The van der Waals surface area contributed by atoms with Gasteiger partial charge in [0.05, 0.1) is 22.4 Å². The molecule has 0 aliphatic heterocycles. The summed E-state index contributed by atoms with van der Waals surface area (Å²) in [4.78, 5) is 23.0. The summed E-state index contributed by atoms with van der Waals surface area (Å²) >= 11 is 5.85. The highest BCUT2D eigenvalue weighted by Gasteiger charge is 2.14. The summed E-state index contributed by atoms with van der Waals surface area (Å²) in [7, 11) is 0. The molecule has 8 nitrogen and oxygen atoms in total. The van der Waals surface area contributed by atoms with Crippen LogP contribution < -0.4 is 10.1 Å². The molecule has 0 aliphatic carbocycles. The number of amides is 1. The Labute approximate surface area is 172 Å². The van der Waals surface area contributed by atoms with E-state index in [1.807, 2.05) is 19.9 Å². The van der Waals surface area contributed by atoms with E-state index in [1.165, 1.54) is 18.2 Å². The van der Waals surface area contributed by atoms with Gasteiger partial charge in [0.15, 0.2) is 0 Å². The van der Waals surface area contributed by atoms with Crippen molar-refractivity contribution in [1.29, 1.82) is 0 Å². The first-order valence-corrected chi connectivity index (χ1v) is 9.22. The fraction of sp³-hybridized carbons (Fsp3) is 0.200. The third-order valence-corrected chi connectivity index (χ3v) is 4.34. The molecule has 0 atom stereocenters. The number of ether oxygens (including phenoxy) is 1. The summed E-state index contributed by atoms with van der Waals surface area (Å²) < 4.78 is 7.41. The van der Waals surface area contributed by atoms with E-state index < -0.39 is 4.92 Å². The Hall–Kier alpha value is -3.39. The van der Waals surface area contributed by atoms with Crippen molar-refractivity contribution in [3.05, 3.63) is 75.1 Å². The van der Waals surface area contributed by atoms with Crippen LogP contribution in [-0.2, 0) is 11.3 Å². The van der Waals surface area contributed by atoms with Crippen molar-refractivity contribution >= 4 is 28.9 Å². The zero-order chi connectivity index (χ0) is 21.0. The predicted molar refractivity (Wildman–Crippen MR) is 110 cm³/mol. The molecule has 150 valence electrons. The van der Waals surface area contributed by atoms with Crippen molar-refractivity contribution in [2.75, 3.05) is 5.32 Å². The summed E-state index contributed by atoms with van der Waals surface area (Å²) in [6, 6.07) is 12.6. The van der Waals surface area contributed by atoms with E-state index in [0.717, 1.165) is 11.4 Å². The van der Waals surface area contributed by atoms with E-state index in [-0.39, 0.29) is 29.5 Å². The lowest BCUT2D eigenvalue weighted by Gasteiger charge is -2.10. The standard InChI is InChI=1S/C20H19ClN4O4/c1-13-9-14(2)24(23-13)8-7-20(26)22-16-10-17(25(27)28)12-19(11-16)29-18-5-3-15(21)4-6-18/h3-6,9-12H,7-8H2,1-2H3,(H,22,26). The smallest absolute Gasteiger partial charge is 0.275 e. The quantitative estimate of drug-likeness (QED) is 0.438. The minimum absolute atomic E-state index is 0.179. The molecule has 0 aliphatic rings. The number of carbonyl (C=O) groups excluding carboxylic acids is 1. The molecular formula is C20H19ClN4O4. The molecule has 1 heterocycles. The minimum atomic E-state index is -0.541. The summed E-state index contributed by atoms with van der Waals surface area (Å²) in [5.74, 6) is 0.419. The zero-order valence-electron chi connectivity index (χ0n) is 15.9. The molecule has 0 unspecified atom stereocenters. The topological polar surface area (TPSA) is 99.3 Å². The first-order valence-electron chi connectivity index (χ1n) is 8.84. The number of aryl methyl sites for hydroxylation is 3. The molecule has 3 rings (SSSR count). The van der Waals surface area contributed by atoms with Crippen molar-refractivity contribution in [3.8, 4) is 11.5 Å². The van der Waals surface area contributed by atoms with E-state index in [0.29, 0.717) is 17.3 Å². The molecule has 0 fully saturated rings. The largest absolute Gasteiger partial charge is 0.457 e. The second-order valence-corrected chi connectivity index (χ2v) is 6.91. The fourth-order valence-electron chi connectivity index (χ4n) is 2.79. The highest BCUT2D eigenvalue weighted by atomic mass is 35.5. The number of benzene rings is 2. The molecule has 0 bridgehead atoms. The van der Waals surface area contributed by atoms with Crippen LogP contribution in [0.2, 0.25) is 5.02 Å². The average Bonchev–Trinajstić information content (AvgIpc) is 2.99. The molecule has 0 saturated heterocycles. The molecule has 3 aromatic rings. The van der Waals surface area contributed by atoms with Crippen molar-refractivity contribution in [2.45, 2.75) is 26.8 Å². The van der Waals surface area contributed by atoms with Crippen LogP contribution >= 0.6 is 11.6 Å². The third-order valence-electron chi connectivity index (χ3n) is 4.09. The number of hydrogen-bond donors (Lipinski definition) is 1. The number of nitro benzene ring substituents is 1. The van der Waals surface area contributed by atoms with E-state index in [4.69, 9.17) is 16.3 Å². The van der Waals surface area contributed by atoms with Crippen molar-refractivity contribution < 1.29 is 14.5 Å². The Morgan fingerprint density at radius 3 is 2.52 bits per heavy atom. The number of hydrogen-bond acceptors (Lipinski definition) is 5. The highest BCUT2D eigenvalue weighted by Crippen LogP contribution is 2.30. The Balaban J connectivity index is 1.72. The number of nitrogens with zero attached hydrogens (tertiary/aromatic N) is 3. The van der Waals surface area contributed by atoms with E-state index in [1.54, 1.807) is 28.9 Å². The van der Waals surface area contributed by atoms with Gasteiger partial charge in [0, 0.05) is 35.8 Å². The van der Waals surface area contributed by atoms with E-state index in [2.05, 4.69) is 10.4 Å². The lowest BCUT2D eigenvalue weighted by atomic mass is 10.2. The SMILES string of the molecule is Cc1cc(C)n(CCC(=O)Nc2cc(Oc3ccc(Cl)cc3)cc([N+](=O)[O-])c2)n1. The van der Waals surface area contributed by atoms with Crippen LogP contribution in [0, 0.1) is 24.0 Å². The summed E-state index contributed by atoms with van der Waals surface area (Å²) in [6.45, 7) is 4.21. The lowest BCUT2D eigenvalue weighted by Crippen LogP contribution is -2.15. The first-order chi connectivity index (χ1) is 13.8. The number of non-ortho nitro benzene ring substituents is 1. The van der Waals surface area contributed by atoms with Crippen LogP contribution in [0.4, 0.5) is 11.4 Å². The molecule has 1 aromatic heterocycles. The average molecular weight is 415 g/mol. The Bertz CT molecular complexity index is 1050. The molecule has 9 heteroatoms. The Morgan fingerprint density at radius 1 is 1.17 bits per heavy atom. The van der Waals surface area contributed by atoms with Crippen LogP contribution in [0.15, 0.2) is 48.5 Å². The first kappa shape index (κ1) is 20.3. The highest BCUT2D eigenvalue weighted by molar-refractivity contribution is 6.30. The van der Waals surface area contributed by atoms with Gasteiger partial charge in [0.25, 0.3) is 5.69 Å². The summed E-state index contributed by atoms with van der Waals surface area (Å²) in [5, 5.41) is 18.8. The monoisotopic (exact) mass is 414 g/mol. The molecule has 0 spiro atoms. The zero-order valence-corrected chi connectivity index (χ0v) is 16.6. The number of rotatable bonds is 7. The Morgan fingerprint density at radius 2 is 1.90 bits per heavy atom. The van der Waals surface area contributed by atoms with Gasteiger partial charge in [0.1, 0.15) is 11.5 Å². The second kappa shape index (κ2) is 8.74. The molecule has 1 N–H and O–H groups in total. The van der Waals surface area contributed by atoms with Gasteiger partial charge < -0.3 is 10.1 Å². The summed E-state index contributed by atoms with van der Waals surface area (Å²) in [6.07, 6.45) is 0.179. The number of nitro groups is 1. The normalized spacial score (nSPS) is 10.6. The van der Waals surface area contributed by atoms with E-state index >= 15 is 0 Å². The maximum absolute atomic E-state index is 12.3. The minimum Gasteiger partial charge on any atom is -0.457 e. The molecule has 29 heavy (non-hydrogen) atoms. The number of carbonyl (C=O) groups is 1. The van der Waals surface area contributed by atoms with Gasteiger partial charge in [0.2, 0.25) is 5.91 Å². The maximum atomic E-state index is 12.3. The molecule has 0 radical (unpaired) electrons.